The molecular formula is C27H20ClN5OS. The second kappa shape index (κ2) is 9.79. The average molecular weight is 498 g/mol. The maximum absolute atomic E-state index is 12.6. The van der Waals surface area contributed by atoms with Crippen LogP contribution in [0.5, 0.6) is 0 Å². The van der Waals surface area contributed by atoms with Gasteiger partial charge in [0.05, 0.1) is 28.9 Å². The Labute approximate surface area is 212 Å². The summed E-state index contributed by atoms with van der Waals surface area (Å²) >= 11 is 8.11. The number of hydrogen-bond donors (Lipinski definition) is 0. The molecule has 6 nitrogen and oxygen atoms in total. The Morgan fingerprint density at radius 3 is 2.69 bits per heavy atom. The van der Waals surface area contributed by atoms with Crippen LogP contribution in [0.3, 0.4) is 0 Å². The van der Waals surface area contributed by atoms with E-state index in [1.54, 1.807) is 12.1 Å². The molecule has 1 aromatic heterocycles. The van der Waals surface area contributed by atoms with Crippen molar-refractivity contribution in [2.45, 2.75) is 19.4 Å². The van der Waals surface area contributed by atoms with Crippen LogP contribution in [0, 0.1) is 11.3 Å². The van der Waals surface area contributed by atoms with Crippen LogP contribution in [0.1, 0.15) is 27.8 Å². The van der Waals surface area contributed by atoms with Crippen molar-refractivity contribution in [3.63, 3.8) is 0 Å². The molecule has 0 atom stereocenters. The Bertz CT molecular complexity index is 1490. The summed E-state index contributed by atoms with van der Waals surface area (Å²) in [6, 6.07) is 21.1. The highest BCUT2D eigenvalue weighted by Crippen LogP contribution is 2.38. The van der Waals surface area contributed by atoms with Crippen LogP contribution in [0.15, 0.2) is 65.7 Å². The van der Waals surface area contributed by atoms with E-state index in [1.807, 2.05) is 66.7 Å². The van der Waals surface area contributed by atoms with Crippen LogP contribution >= 0.6 is 22.9 Å². The first-order chi connectivity index (χ1) is 17.0. The number of anilines is 2. The molecule has 0 N–H and O–H groups in total. The van der Waals surface area contributed by atoms with Crippen molar-refractivity contribution in [3.05, 3.63) is 93.5 Å². The zero-order valence-corrected chi connectivity index (χ0v) is 20.5. The summed E-state index contributed by atoms with van der Waals surface area (Å²) in [5.41, 5.74) is 6.25. The third-order valence-corrected chi connectivity index (χ3v) is 7.30. The fraction of sp³-hybridized carbons (Fsp3) is 0.148. The fourth-order valence-electron chi connectivity index (χ4n) is 3.99. The molecule has 3 aromatic carbocycles. The van der Waals surface area contributed by atoms with E-state index in [0.717, 1.165) is 43.6 Å². The van der Waals surface area contributed by atoms with E-state index in [0.29, 0.717) is 30.0 Å². The van der Waals surface area contributed by atoms with Gasteiger partial charge in [0, 0.05) is 37.2 Å². The third kappa shape index (κ3) is 4.85. The van der Waals surface area contributed by atoms with E-state index in [2.05, 4.69) is 21.3 Å². The molecule has 5 rings (SSSR count). The minimum atomic E-state index is 0.110. The SMILES string of the molecule is CN(c1nnc(-c2cccc(CC(=O)Cc3ccc(C#N)cc3)c2)s1)c1ccc2c(c1Cl)C=NC2. The summed E-state index contributed by atoms with van der Waals surface area (Å²) < 4.78 is 0. The van der Waals surface area contributed by atoms with Crippen molar-refractivity contribution in [2.24, 2.45) is 4.99 Å². The molecule has 172 valence electrons. The number of rotatable bonds is 7. The van der Waals surface area contributed by atoms with Gasteiger partial charge in [-0.05, 0) is 41.0 Å². The van der Waals surface area contributed by atoms with E-state index in [4.69, 9.17) is 16.9 Å². The van der Waals surface area contributed by atoms with Crippen molar-refractivity contribution in [1.29, 1.82) is 5.26 Å². The minimum Gasteiger partial charge on any atom is -0.318 e. The fourth-order valence-corrected chi connectivity index (χ4v) is 5.17. The zero-order valence-electron chi connectivity index (χ0n) is 18.9. The lowest BCUT2D eigenvalue weighted by Crippen LogP contribution is -2.10. The second-order valence-corrected chi connectivity index (χ2v) is 9.63. The van der Waals surface area contributed by atoms with Gasteiger partial charge in [-0.15, -0.1) is 10.2 Å². The number of nitriles is 1. The highest BCUT2D eigenvalue weighted by Gasteiger charge is 2.19. The van der Waals surface area contributed by atoms with E-state index in [-0.39, 0.29) is 5.78 Å². The zero-order chi connectivity index (χ0) is 24.4. The number of Topliss-reactive ketones (excluding diaryl/α,β-unsaturated/α-hetero) is 1. The molecular weight excluding hydrogens is 478 g/mol. The first-order valence-corrected chi connectivity index (χ1v) is 12.2. The number of ketones is 1. The molecule has 0 radical (unpaired) electrons. The summed E-state index contributed by atoms with van der Waals surface area (Å²) in [5.74, 6) is 0.110. The number of nitrogens with zero attached hydrogens (tertiary/aromatic N) is 5. The molecule has 1 aliphatic rings. The Kier molecular flexibility index (Phi) is 6.41. The van der Waals surface area contributed by atoms with E-state index in [1.165, 1.54) is 11.3 Å². The molecule has 4 aromatic rings. The summed E-state index contributed by atoms with van der Waals surface area (Å²) in [4.78, 5) is 18.9. The van der Waals surface area contributed by atoms with Gasteiger partial charge in [-0.25, -0.2) is 0 Å². The van der Waals surface area contributed by atoms with Gasteiger partial charge in [-0.1, -0.05) is 59.3 Å². The van der Waals surface area contributed by atoms with E-state index < -0.39 is 0 Å². The highest BCUT2D eigenvalue weighted by atomic mass is 35.5. The quantitative estimate of drug-likeness (QED) is 0.323. The molecule has 0 spiro atoms. The lowest BCUT2D eigenvalue weighted by atomic mass is 10.0. The maximum Gasteiger partial charge on any atom is 0.212 e. The van der Waals surface area contributed by atoms with Gasteiger partial charge < -0.3 is 4.90 Å². The van der Waals surface area contributed by atoms with E-state index in [9.17, 15) is 4.79 Å². The van der Waals surface area contributed by atoms with Crippen LogP contribution in [0.25, 0.3) is 10.6 Å². The summed E-state index contributed by atoms with van der Waals surface area (Å²) in [6.07, 6.45) is 2.47. The van der Waals surface area contributed by atoms with Crippen LogP contribution in [0.4, 0.5) is 10.8 Å². The van der Waals surface area contributed by atoms with Gasteiger partial charge >= 0.3 is 0 Å². The molecule has 8 heteroatoms. The number of hydrogen-bond acceptors (Lipinski definition) is 7. The summed E-state index contributed by atoms with van der Waals surface area (Å²) in [5, 5.41) is 19.8. The Morgan fingerprint density at radius 1 is 1.09 bits per heavy atom. The summed E-state index contributed by atoms with van der Waals surface area (Å²) in [6.45, 7) is 0.661. The van der Waals surface area contributed by atoms with Gasteiger partial charge in [0.1, 0.15) is 10.8 Å². The van der Waals surface area contributed by atoms with Gasteiger partial charge in [-0.3, -0.25) is 9.79 Å². The minimum absolute atomic E-state index is 0.110. The molecule has 0 saturated carbocycles. The number of benzene rings is 3. The highest BCUT2D eigenvalue weighted by molar-refractivity contribution is 7.18. The first-order valence-electron chi connectivity index (χ1n) is 11.0. The molecule has 2 heterocycles. The lowest BCUT2D eigenvalue weighted by molar-refractivity contribution is -0.117. The van der Waals surface area contributed by atoms with Gasteiger partial charge in [0.15, 0.2) is 0 Å². The second-order valence-electron chi connectivity index (χ2n) is 8.29. The lowest BCUT2D eigenvalue weighted by Gasteiger charge is -2.18. The van der Waals surface area contributed by atoms with E-state index >= 15 is 0 Å². The Morgan fingerprint density at radius 2 is 1.89 bits per heavy atom. The molecule has 0 unspecified atom stereocenters. The number of aromatic nitrogens is 2. The molecule has 0 aliphatic carbocycles. The number of fused-ring (bicyclic) bond motifs is 1. The van der Waals surface area contributed by atoms with Gasteiger partial charge in [0.2, 0.25) is 5.13 Å². The number of carbonyl (C=O) groups is 1. The van der Waals surface area contributed by atoms with Crippen LogP contribution in [0.2, 0.25) is 5.02 Å². The average Bonchev–Trinajstić information content (AvgIpc) is 3.55. The third-order valence-electron chi connectivity index (χ3n) is 5.85. The molecule has 35 heavy (non-hydrogen) atoms. The normalized spacial score (nSPS) is 11.8. The predicted octanol–water partition coefficient (Wildman–Crippen LogP) is 5.78. The van der Waals surface area contributed by atoms with Gasteiger partial charge in [0.25, 0.3) is 0 Å². The topological polar surface area (TPSA) is 82.2 Å². The van der Waals surface area contributed by atoms with Crippen LogP contribution < -0.4 is 4.90 Å². The van der Waals surface area contributed by atoms with Crippen molar-refractivity contribution in [2.75, 3.05) is 11.9 Å². The Hall–Kier alpha value is -3.86. The van der Waals surface area contributed by atoms with Gasteiger partial charge in [-0.2, -0.15) is 5.26 Å². The monoisotopic (exact) mass is 497 g/mol. The number of halogens is 1. The smallest absolute Gasteiger partial charge is 0.212 e. The first kappa shape index (κ1) is 22.9. The predicted molar refractivity (Wildman–Crippen MR) is 140 cm³/mol. The number of aliphatic imine (C=N–C) groups is 1. The van der Waals surface area contributed by atoms with Crippen molar-refractivity contribution in [3.8, 4) is 16.6 Å². The standard InChI is InChI=1S/C27H20ClN5OS/c1-33(24-10-9-21-15-30-16-23(21)25(24)28)27-32-31-26(35-27)20-4-2-3-19(11-20)13-22(34)12-17-5-7-18(14-29)8-6-17/h2-11,16H,12-13,15H2,1H3. The van der Waals surface area contributed by atoms with Crippen molar-refractivity contribution >= 4 is 45.8 Å². The molecule has 0 amide bonds. The largest absolute Gasteiger partial charge is 0.318 e. The molecule has 1 aliphatic heterocycles. The van der Waals surface area contributed by atoms with Crippen LogP contribution in [-0.2, 0) is 24.2 Å². The Balaban J connectivity index is 1.30. The maximum atomic E-state index is 12.6. The summed E-state index contributed by atoms with van der Waals surface area (Å²) in [7, 11) is 1.92. The molecule has 0 saturated heterocycles. The number of carbonyl (C=O) groups excluding carboxylic acids is 1. The molecule has 0 bridgehead atoms. The molecule has 0 fully saturated rings. The van der Waals surface area contributed by atoms with Crippen LogP contribution in [-0.4, -0.2) is 29.2 Å². The van der Waals surface area contributed by atoms with Crippen molar-refractivity contribution in [1.82, 2.24) is 10.2 Å². The van der Waals surface area contributed by atoms with Crippen molar-refractivity contribution < 1.29 is 4.79 Å².